The van der Waals surface area contributed by atoms with Crippen LogP contribution in [0.2, 0.25) is 0 Å². The molecule has 0 aliphatic rings. The van der Waals surface area contributed by atoms with E-state index in [0.29, 0.717) is 0 Å². The van der Waals surface area contributed by atoms with E-state index in [4.69, 9.17) is 0 Å². The number of nitrogens with one attached hydrogen (secondary N) is 1. The molecule has 0 aliphatic carbocycles. The van der Waals surface area contributed by atoms with Crippen LogP contribution in [0.3, 0.4) is 0 Å². The average Bonchev–Trinajstić information content (AvgIpc) is 2.37. The standard InChI is InChI=1S/C17H23N3/c1-5-6-15-11-16(18-4)20-17(19-15)10-14-8-12(2)7-13(3)9-14/h7-9,11H,5-6,10H2,1-4H3,(H,18,19,20). The molecule has 0 amide bonds. The Hall–Kier alpha value is -1.90. The Morgan fingerprint density at radius 1 is 1.00 bits per heavy atom. The maximum Gasteiger partial charge on any atom is 0.135 e. The molecule has 0 spiro atoms. The summed E-state index contributed by atoms with van der Waals surface area (Å²) in [7, 11) is 1.90. The molecule has 0 saturated carbocycles. The fraction of sp³-hybridized carbons (Fsp3) is 0.412. The Morgan fingerprint density at radius 3 is 2.30 bits per heavy atom. The van der Waals surface area contributed by atoms with Gasteiger partial charge < -0.3 is 5.32 Å². The Morgan fingerprint density at radius 2 is 1.70 bits per heavy atom. The zero-order chi connectivity index (χ0) is 14.5. The fourth-order valence-electron chi connectivity index (χ4n) is 2.50. The molecule has 2 rings (SSSR count). The van der Waals surface area contributed by atoms with Crippen LogP contribution in [-0.4, -0.2) is 17.0 Å². The van der Waals surface area contributed by atoms with Crippen LogP contribution in [0.4, 0.5) is 5.82 Å². The van der Waals surface area contributed by atoms with Crippen LogP contribution >= 0.6 is 0 Å². The zero-order valence-corrected chi connectivity index (χ0v) is 12.8. The molecule has 3 nitrogen and oxygen atoms in total. The van der Waals surface area contributed by atoms with E-state index in [1.165, 1.54) is 16.7 Å². The molecule has 1 aromatic heterocycles. The summed E-state index contributed by atoms with van der Waals surface area (Å²) >= 11 is 0. The third-order valence-electron chi connectivity index (χ3n) is 3.23. The molecule has 1 aromatic carbocycles. The third kappa shape index (κ3) is 3.80. The maximum atomic E-state index is 4.67. The number of nitrogens with zero attached hydrogens (tertiary/aromatic N) is 2. The van der Waals surface area contributed by atoms with Crippen LogP contribution < -0.4 is 5.32 Å². The molecule has 20 heavy (non-hydrogen) atoms. The van der Waals surface area contributed by atoms with E-state index in [-0.39, 0.29) is 0 Å². The van der Waals surface area contributed by atoms with Gasteiger partial charge in [0.1, 0.15) is 11.6 Å². The number of anilines is 1. The van der Waals surface area contributed by atoms with Gasteiger partial charge >= 0.3 is 0 Å². The van der Waals surface area contributed by atoms with Gasteiger partial charge in [-0.05, 0) is 25.8 Å². The second-order valence-electron chi connectivity index (χ2n) is 5.33. The van der Waals surface area contributed by atoms with Crippen molar-refractivity contribution in [2.75, 3.05) is 12.4 Å². The monoisotopic (exact) mass is 269 g/mol. The molecule has 0 aliphatic heterocycles. The molecule has 2 aromatic rings. The van der Waals surface area contributed by atoms with Gasteiger partial charge in [-0.2, -0.15) is 0 Å². The fourth-order valence-corrected chi connectivity index (χ4v) is 2.50. The molecule has 0 bridgehead atoms. The normalized spacial score (nSPS) is 10.6. The van der Waals surface area contributed by atoms with E-state index in [1.807, 2.05) is 13.1 Å². The van der Waals surface area contributed by atoms with Crippen molar-refractivity contribution in [1.82, 2.24) is 9.97 Å². The largest absolute Gasteiger partial charge is 0.373 e. The summed E-state index contributed by atoms with van der Waals surface area (Å²) < 4.78 is 0. The highest BCUT2D eigenvalue weighted by Gasteiger charge is 2.05. The summed E-state index contributed by atoms with van der Waals surface area (Å²) in [5.74, 6) is 1.80. The van der Waals surface area contributed by atoms with Crippen molar-refractivity contribution >= 4 is 5.82 Å². The Bertz CT molecular complexity index is 571. The molecule has 0 atom stereocenters. The van der Waals surface area contributed by atoms with Crippen LogP contribution in [0.25, 0.3) is 0 Å². The predicted octanol–water partition coefficient (Wildman–Crippen LogP) is 3.68. The number of aromatic nitrogens is 2. The van der Waals surface area contributed by atoms with Crippen molar-refractivity contribution in [3.05, 3.63) is 52.5 Å². The molecule has 0 saturated heterocycles. The van der Waals surface area contributed by atoms with Gasteiger partial charge in [0.25, 0.3) is 0 Å². The quantitative estimate of drug-likeness (QED) is 0.899. The first-order valence-corrected chi connectivity index (χ1v) is 7.22. The van der Waals surface area contributed by atoms with Crippen LogP contribution in [0.15, 0.2) is 24.3 Å². The van der Waals surface area contributed by atoms with Gasteiger partial charge in [-0.3, -0.25) is 0 Å². The third-order valence-corrected chi connectivity index (χ3v) is 3.23. The number of hydrogen-bond acceptors (Lipinski definition) is 3. The highest BCUT2D eigenvalue weighted by molar-refractivity contribution is 5.37. The van der Waals surface area contributed by atoms with Gasteiger partial charge in [0.2, 0.25) is 0 Å². The van der Waals surface area contributed by atoms with Crippen LogP contribution in [-0.2, 0) is 12.8 Å². The van der Waals surface area contributed by atoms with E-state index in [1.54, 1.807) is 0 Å². The number of hydrogen-bond donors (Lipinski definition) is 1. The van der Waals surface area contributed by atoms with E-state index in [9.17, 15) is 0 Å². The molecular formula is C17H23N3. The van der Waals surface area contributed by atoms with Crippen LogP contribution in [0.5, 0.6) is 0 Å². The summed E-state index contributed by atoms with van der Waals surface area (Å²) in [5, 5.41) is 3.12. The zero-order valence-electron chi connectivity index (χ0n) is 12.8. The lowest BCUT2D eigenvalue weighted by Crippen LogP contribution is -2.04. The van der Waals surface area contributed by atoms with E-state index >= 15 is 0 Å². The van der Waals surface area contributed by atoms with Gasteiger partial charge in [0, 0.05) is 25.2 Å². The highest BCUT2D eigenvalue weighted by atomic mass is 15.0. The minimum Gasteiger partial charge on any atom is -0.373 e. The topological polar surface area (TPSA) is 37.8 Å². The van der Waals surface area contributed by atoms with Crippen LogP contribution in [0.1, 0.15) is 41.6 Å². The molecule has 1 N–H and O–H groups in total. The molecule has 0 unspecified atom stereocenters. The summed E-state index contributed by atoms with van der Waals surface area (Å²) in [6, 6.07) is 8.65. The molecule has 1 heterocycles. The summed E-state index contributed by atoms with van der Waals surface area (Å²) in [5.41, 5.74) is 4.97. The first-order chi connectivity index (χ1) is 9.60. The average molecular weight is 269 g/mol. The van der Waals surface area contributed by atoms with Gasteiger partial charge in [-0.15, -0.1) is 0 Å². The van der Waals surface area contributed by atoms with Crippen molar-refractivity contribution in [2.24, 2.45) is 0 Å². The van der Waals surface area contributed by atoms with E-state index < -0.39 is 0 Å². The molecule has 3 heteroatoms. The molecule has 0 radical (unpaired) electrons. The second kappa shape index (κ2) is 6.51. The van der Waals surface area contributed by atoms with Gasteiger partial charge in [-0.1, -0.05) is 42.7 Å². The van der Waals surface area contributed by atoms with Crippen molar-refractivity contribution in [3.63, 3.8) is 0 Å². The highest BCUT2D eigenvalue weighted by Crippen LogP contribution is 2.14. The van der Waals surface area contributed by atoms with Gasteiger partial charge in [0.05, 0.1) is 0 Å². The van der Waals surface area contributed by atoms with Crippen molar-refractivity contribution < 1.29 is 0 Å². The van der Waals surface area contributed by atoms with Gasteiger partial charge in [-0.25, -0.2) is 9.97 Å². The number of rotatable bonds is 5. The Labute approximate surface area is 121 Å². The smallest absolute Gasteiger partial charge is 0.135 e. The first-order valence-electron chi connectivity index (χ1n) is 7.22. The first kappa shape index (κ1) is 14.5. The Balaban J connectivity index is 2.29. The number of benzene rings is 1. The van der Waals surface area contributed by atoms with E-state index in [0.717, 1.165) is 36.6 Å². The minimum atomic E-state index is 0.786. The number of aryl methyl sites for hydroxylation is 3. The molecule has 106 valence electrons. The van der Waals surface area contributed by atoms with Crippen molar-refractivity contribution in [3.8, 4) is 0 Å². The predicted molar refractivity (Wildman–Crippen MR) is 84.3 cm³/mol. The second-order valence-corrected chi connectivity index (χ2v) is 5.33. The lowest BCUT2D eigenvalue weighted by molar-refractivity contribution is 0.842. The molecular weight excluding hydrogens is 246 g/mol. The SMILES string of the molecule is CCCc1cc(NC)nc(Cc2cc(C)cc(C)c2)n1. The summed E-state index contributed by atoms with van der Waals surface area (Å²) in [4.78, 5) is 9.24. The lowest BCUT2D eigenvalue weighted by Gasteiger charge is -2.08. The van der Waals surface area contributed by atoms with Crippen molar-refractivity contribution in [1.29, 1.82) is 0 Å². The molecule has 0 fully saturated rings. The van der Waals surface area contributed by atoms with Crippen molar-refractivity contribution in [2.45, 2.75) is 40.0 Å². The van der Waals surface area contributed by atoms with Crippen LogP contribution in [0, 0.1) is 13.8 Å². The lowest BCUT2D eigenvalue weighted by atomic mass is 10.0. The van der Waals surface area contributed by atoms with Gasteiger partial charge in [0.15, 0.2) is 0 Å². The maximum absolute atomic E-state index is 4.67. The summed E-state index contributed by atoms with van der Waals surface area (Å²) in [6.07, 6.45) is 2.88. The minimum absolute atomic E-state index is 0.786. The summed E-state index contributed by atoms with van der Waals surface area (Å²) in [6.45, 7) is 6.43. The Kier molecular flexibility index (Phi) is 4.72. The van der Waals surface area contributed by atoms with E-state index in [2.05, 4.69) is 54.3 Å².